The van der Waals surface area contributed by atoms with Crippen molar-refractivity contribution in [2.45, 2.75) is 13.0 Å². The zero-order valence-electron chi connectivity index (χ0n) is 11.9. The number of nitrogens with zero attached hydrogens (tertiary/aromatic N) is 1. The van der Waals surface area contributed by atoms with E-state index in [1.807, 2.05) is 31.3 Å². The van der Waals surface area contributed by atoms with Gasteiger partial charge in [-0.05, 0) is 43.8 Å². The maximum Gasteiger partial charge on any atom is 0.324 e. The average Bonchev–Trinajstić information content (AvgIpc) is 2.49. The van der Waals surface area contributed by atoms with Crippen molar-refractivity contribution in [3.05, 3.63) is 54.0 Å². The van der Waals surface area contributed by atoms with Crippen molar-refractivity contribution >= 4 is 17.5 Å². The molecular formula is C15H17FN4O. The van der Waals surface area contributed by atoms with E-state index in [-0.39, 0.29) is 11.9 Å². The van der Waals surface area contributed by atoms with Crippen LogP contribution in [0.4, 0.5) is 20.7 Å². The molecule has 2 aromatic rings. The molecule has 110 valence electrons. The summed E-state index contributed by atoms with van der Waals surface area (Å²) in [5, 5.41) is 8.35. The maximum atomic E-state index is 12.7. The van der Waals surface area contributed by atoms with Crippen LogP contribution in [0.25, 0.3) is 0 Å². The van der Waals surface area contributed by atoms with E-state index in [0.717, 1.165) is 11.8 Å². The number of benzene rings is 1. The fraction of sp³-hybridized carbons (Fsp3) is 0.200. The van der Waals surface area contributed by atoms with E-state index in [9.17, 15) is 9.18 Å². The molecule has 3 N–H and O–H groups in total. The number of amides is 2. The summed E-state index contributed by atoms with van der Waals surface area (Å²) >= 11 is 0. The highest BCUT2D eigenvalue weighted by atomic mass is 19.1. The second kappa shape index (κ2) is 6.81. The van der Waals surface area contributed by atoms with Gasteiger partial charge in [-0.2, -0.15) is 0 Å². The molecule has 1 aromatic heterocycles. The molecule has 0 saturated carbocycles. The van der Waals surface area contributed by atoms with Gasteiger partial charge in [0.15, 0.2) is 0 Å². The third-order valence-electron chi connectivity index (χ3n) is 3.07. The Bertz CT molecular complexity index is 598. The minimum atomic E-state index is -0.449. The van der Waals surface area contributed by atoms with Gasteiger partial charge in [0.2, 0.25) is 0 Å². The first-order chi connectivity index (χ1) is 10.1. The number of anilines is 2. The molecule has 0 aliphatic rings. The van der Waals surface area contributed by atoms with E-state index in [0.29, 0.717) is 5.69 Å². The summed E-state index contributed by atoms with van der Waals surface area (Å²) in [6.07, 6.45) is 1.05. The molecule has 1 atom stereocenters. The van der Waals surface area contributed by atoms with Crippen molar-refractivity contribution in [1.29, 1.82) is 0 Å². The molecule has 0 bridgehead atoms. The lowest BCUT2D eigenvalue weighted by atomic mass is 10.1. The Morgan fingerprint density at radius 3 is 2.43 bits per heavy atom. The van der Waals surface area contributed by atoms with Gasteiger partial charge >= 0.3 is 6.03 Å². The number of hydrogen-bond acceptors (Lipinski definition) is 3. The zero-order chi connectivity index (χ0) is 15.2. The van der Waals surface area contributed by atoms with Crippen molar-refractivity contribution in [2.24, 2.45) is 0 Å². The van der Waals surface area contributed by atoms with Gasteiger partial charge in [-0.15, -0.1) is 0 Å². The normalized spacial score (nSPS) is 11.8. The molecule has 0 saturated heterocycles. The Morgan fingerprint density at radius 2 is 1.86 bits per heavy atom. The van der Waals surface area contributed by atoms with E-state index >= 15 is 0 Å². The monoisotopic (exact) mass is 288 g/mol. The molecule has 1 unspecified atom stereocenters. The van der Waals surface area contributed by atoms with E-state index < -0.39 is 11.8 Å². The summed E-state index contributed by atoms with van der Waals surface area (Å²) in [7, 11) is 1.89. The summed E-state index contributed by atoms with van der Waals surface area (Å²) in [5.41, 5.74) is 1.80. The van der Waals surface area contributed by atoms with Gasteiger partial charge in [0.05, 0.1) is 6.20 Å². The van der Waals surface area contributed by atoms with Crippen LogP contribution in [0, 0.1) is 5.82 Å². The number of halogens is 1. The highest BCUT2D eigenvalue weighted by Crippen LogP contribution is 2.15. The van der Waals surface area contributed by atoms with Crippen LogP contribution in [0.15, 0.2) is 42.6 Å². The number of urea groups is 1. The minimum Gasteiger partial charge on any atom is -0.313 e. The van der Waals surface area contributed by atoms with Crippen molar-refractivity contribution in [2.75, 3.05) is 17.7 Å². The van der Waals surface area contributed by atoms with Gasteiger partial charge in [0, 0.05) is 11.7 Å². The van der Waals surface area contributed by atoms with Crippen molar-refractivity contribution in [3.8, 4) is 0 Å². The molecule has 0 radical (unpaired) electrons. The largest absolute Gasteiger partial charge is 0.324 e. The van der Waals surface area contributed by atoms with E-state index in [2.05, 4.69) is 27.9 Å². The predicted octanol–water partition coefficient (Wildman–Crippen LogP) is 3.15. The van der Waals surface area contributed by atoms with Crippen molar-refractivity contribution in [3.63, 3.8) is 0 Å². The predicted molar refractivity (Wildman–Crippen MR) is 80.8 cm³/mol. The fourth-order valence-corrected chi connectivity index (χ4v) is 1.75. The van der Waals surface area contributed by atoms with Gasteiger partial charge in [0.25, 0.3) is 0 Å². The third kappa shape index (κ3) is 4.25. The van der Waals surface area contributed by atoms with Crippen LogP contribution in [0.2, 0.25) is 0 Å². The first-order valence-electron chi connectivity index (χ1n) is 6.55. The van der Waals surface area contributed by atoms with E-state index in [4.69, 9.17) is 0 Å². The molecule has 0 fully saturated rings. The quantitative estimate of drug-likeness (QED) is 0.809. The summed E-state index contributed by atoms with van der Waals surface area (Å²) < 4.78 is 12.7. The number of rotatable bonds is 4. The Balaban J connectivity index is 1.94. The van der Waals surface area contributed by atoms with Crippen LogP contribution < -0.4 is 16.0 Å². The number of aromatic nitrogens is 1. The maximum absolute atomic E-state index is 12.7. The van der Waals surface area contributed by atoms with Gasteiger partial charge < -0.3 is 10.6 Å². The van der Waals surface area contributed by atoms with Gasteiger partial charge in [-0.1, -0.05) is 12.1 Å². The van der Waals surface area contributed by atoms with Crippen LogP contribution in [-0.2, 0) is 0 Å². The highest BCUT2D eigenvalue weighted by molar-refractivity contribution is 5.99. The van der Waals surface area contributed by atoms with Crippen molar-refractivity contribution < 1.29 is 9.18 Å². The lowest BCUT2D eigenvalue weighted by molar-refractivity contribution is 0.262. The van der Waals surface area contributed by atoms with Crippen LogP contribution in [0.1, 0.15) is 18.5 Å². The smallest absolute Gasteiger partial charge is 0.313 e. The topological polar surface area (TPSA) is 66.0 Å². The number of nitrogens with one attached hydrogen (secondary N) is 3. The van der Waals surface area contributed by atoms with Gasteiger partial charge in [0.1, 0.15) is 11.6 Å². The molecule has 2 amide bonds. The number of carbonyl (C=O) groups excluding carboxylic acids is 1. The van der Waals surface area contributed by atoms with E-state index in [1.54, 1.807) is 0 Å². The zero-order valence-corrected chi connectivity index (χ0v) is 11.9. The molecule has 21 heavy (non-hydrogen) atoms. The lowest BCUT2D eigenvalue weighted by Crippen LogP contribution is -2.20. The van der Waals surface area contributed by atoms with Crippen molar-refractivity contribution in [1.82, 2.24) is 10.3 Å². The van der Waals surface area contributed by atoms with Crippen LogP contribution in [0.3, 0.4) is 0 Å². The van der Waals surface area contributed by atoms with Crippen LogP contribution in [-0.4, -0.2) is 18.1 Å². The van der Waals surface area contributed by atoms with Crippen LogP contribution >= 0.6 is 0 Å². The van der Waals surface area contributed by atoms with Gasteiger partial charge in [-0.3, -0.25) is 5.32 Å². The number of hydrogen-bond donors (Lipinski definition) is 3. The molecule has 5 nitrogen and oxygen atoms in total. The summed E-state index contributed by atoms with van der Waals surface area (Å²) in [6, 6.07) is 9.96. The standard InChI is InChI=1S/C15H17FN4O/c1-10(17-2)11-3-6-13(7-4-11)19-15(21)20-14-8-5-12(16)9-18-14/h3-10,17H,1-2H3,(H2,18,19,20,21). The summed E-state index contributed by atoms with van der Waals surface area (Å²) in [6.45, 7) is 2.05. The first-order valence-corrected chi connectivity index (χ1v) is 6.55. The van der Waals surface area contributed by atoms with Gasteiger partial charge in [-0.25, -0.2) is 14.2 Å². The Morgan fingerprint density at radius 1 is 1.14 bits per heavy atom. The second-order valence-corrected chi connectivity index (χ2v) is 4.57. The highest BCUT2D eigenvalue weighted by Gasteiger charge is 2.05. The molecule has 1 aromatic carbocycles. The minimum absolute atomic E-state index is 0.247. The summed E-state index contributed by atoms with van der Waals surface area (Å²) in [5.74, 6) is -0.162. The molecule has 0 aliphatic heterocycles. The Labute approximate surface area is 122 Å². The Hall–Kier alpha value is -2.47. The molecule has 2 rings (SSSR count). The number of carbonyl (C=O) groups is 1. The second-order valence-electron chi connectivity index (χ2n) is 4.57. The van der Waals surface area contributed by atoms with Crippen LogP contribution in [0.5, 0.6) is 0 Å². The van der Waals surface area contributed by atoms with E-state index in [1.165, 1.54) is 12.1 Å². The Kier molecular flexibility index (Phi) is 4.84. The fourth-order valence-electron chi connectivity index (χ4n) is 1.75. The molecule has 1 heterocycles. The lowest BCUT2D eigenvalue weighted by Gasteiger charge is -2.12. The number of pyridine rings is 1. The molecular weight excluding hydrogens is 271 g/mol. The molecule has 0 aliphatic carbocycles. The molecule has 6 heteroatoms. The first kappa shape index (κ1) is 14.9. The summed E-state index contributed by atoms with van der Waals surface area (Å²) in [4.78, 5) is 15.5. The SMILES string of the molecule is CNC(C)c1ccc(NC(=O)Nc2ccc(F)cn2)cc1. The third-order valence-corrected chi connectivity index (χ3v) is 3.07. The molecule has 0 spiro atoms. The average molecular weight is 288 g/mol.